The number of hydrogen-bond acceptors (Lipinski definition) is 6. The summed E-state index contributed by atoms with van der Waals surface area (Å²) < 4.78 is 0. The molecular weight excluding hydrogens is 180 g/mol. The lowest BCUT2D eigenvalue weighted by Crippen LogP contribution is -2.64. The van der Waals surface area contributed by atoms with Crippen LogP contribution in [0.15, 0.2) is 10.2 Å². The van der Waals surface area contributed by atoms with Crippen LogP contribution in [0, 0.1) is 11.8 Å². The van der Waals surface area contributed by atoms with Gasteiger partial charge in [0, 0.05) is 11.8 Å². The second-order valence-corrected chi connectivity index (χ2v) is 4.12. The smallest absolute Gasteiger partial charge is 0.139 e. The van der Waals surface area contributed by atoms with Crippen molar-refractivity contribution in [1.29, 1.82) is 0 Å². The van der Waals surface area contributed by atoms with Gasteiger partial charge in [0.2, 0.25) is 0 Å². The van der Waals surface area contributed by atoms with Crippen LogP contribution in [0.4, 0.5) is 0 Å². The first kappa shape index (κ1) is 7.90. The van der Waals surface area contributed by atoms with Gasteiger partial charge in [-0.3, -0.25) is 10.9 Å². The van der Waals surface area contributed by atoms with E-state index in [-0.39, 0.29) is 12.3 Å². The van der Waals surface area contributed by atoms with Crippen molar-refractivity contribution >= 4 is 12.7 Å². The first-order valence-corrected chi connectivity index (χ1v) is 4.93. The number of fused-ring (bicyclic) bond motifs is 3. The predicted molar refractivity (Wildman–Crippen MR) is 52.8 cm³/mol. The molecule has 6 nitrogen and oxygen atoms in total. The van der Waals surface area contributed by atoms with Gasteiger partial charge in [-0.1, -0.05) is 13.8 Å². The zero-order valence-electron chi connectivity index (χ0n) is 8.25. The largest absolute Gasteiger partial charge is 0.284 e. The van der Waals surface area contributed by atoms with E-state index in [2.05, 4.69) is 44.9 Å². The summed E-state index contributed by atoms with van der Waals surface area (Å²) >= 11 is 0. The highest BCUT2D eigenvalue weighted by molar-refractivity contribution is 5.65. The molecule has 76 valence electrons. The maximum Gasteiger partial charge on any atom is 0.139 e. The molecule has 0 aromatic carbocycles. The van der Waals surface area contributed by atoms with E-state index in [1.807, 2.05) is 12.7 Å². The SMILES string of the molecule is CC1C(C)C2NN=CN2N2C=NNC12. The van der Waals surface area contributed by atoms with Crippen LogP contribution in [-0.2, 0) is 0 Å². The summed E-state index contributed by atoms with van der Waals surface area (Å²) in [5.74, 6) is 1.07. The Balaban J connectivity index is 1.94. The van der Waals surface area contributed by atoms with Crippen molar-refractivity contribution in [2.75, 3.05) is 0 Å². The number of rotatable bonds is 0. The summed E-state index contributed by atoms with van der Waals surface area (Å²) in [6, 6.07) is 0. The minimum Gasteiger partial charge on any atom is -0.284 e. The summed E-state index contributed by atoms with van der Waals surface area (Å²) in [6.45, 7) is 4.47. The molecule has 3 aliphatic heterocycles. The van der Waals surface area contributed by atoms with Crippen molar-refractivity contribution in [3.05, 3.63) is 0 Å². The van der Waals surface area contributed by atoms with Gasteiger partial charge in [0.25, 0.3) is 0 Å². The Morgan fingerprint density at radius 1 is 0.929 bits per heavy atom. The van der Waals surface area contributed by atoms with Crippen LogP contribution in [0.5, 0.6) is 0 Å². The van der Waals surface area contributed by atoms with Gasteiger partial charge >= 0.3 is 0 Å². The van der Waals surface area contributed by atoms with Gasteiger partial charge in [0.15, 0.2) is 0 Å². The summed E-state index contributed by atoms with van der Waals surface area (Å²) in [7, 11) is 0. The van der Waals surface area contributed by atoms with E-state index >= 15 is 0 Å². The number of hydrazone groups is 2. The van der Waals surface area contributed by atoms with Gasteiger partial charge in [-0.05, 0) is 0 Å². The molecule has 6 heteroatoms. The van der Waals surface area contributed by atoms with Crippen molar-refractivity contribution in [3.8, 4) is 0 Å². The molecule has 1 fully saturated rings. The molecule has 0 radical (unpaired) electrons. The maximum atomic E-state index is 4.09. The minimum atomic E-state index is 0.271. The fourth-order valence-electron chi connectivity index (χ4n) is 2.30. The van der Waals surface area contributed by atoms with Crippen LogP contribution in [0.25, 0.3) is 0 Å². The van der Waals surface area contributed by atoms with E-state index in [1.165, 1.54) is 0 Å². The highest BCUT2D eigenvalue weighted by Gasteiger charge is 2.46. The van der Waals surface area contributed by atoms with Gasteiger partial charge in [-0.2, -0.15) is 10.2 Å². The van der Waals surface area contributed by atoms with Gasteiger partial charge < -0.3 is 0 Å². The second-order valence-electron chi connectivity index (χ2n) is 4.12. The van der Waals surface area contributed by atoms with Crippen molar-refractivity contribution in [1.82, 2.24) is 20.9 Å². The number of hydrazine groups is 1. The number of hydrogen-bond donors (Lipinski definition) is 2. The molecule has 2 N–H and O–H groups in total. The Kier molecular flexibility index (Phi) is 1.42. The predicted octanol–water partition coefficient (Wildman–Crippen LogP) is -0.464. The molecule has 3 rings (SSSR count). The fourth-order valence-corrected chi connectivity index (χ4v) is 2.30. The summed E-state index contributed by atoms with van der Waals surface area (Å²) in [5, 5.41) is 12.4. The summed E-state index contributed by atoms with van der Waals surface area (Å²) in [4.78, 5) is 0. The highest BCUT2D eigenvalue weighted by Crippen LogP contribution is 2.32. The molecule has 0 amide bonds. The van der Waals surface area contributed by atoms with Crippen LogP contribution in [-0.4, -0.2) is 35.0 Å². The Morgan fingerprint density at radius 2 is 1.36 bits per heavy atom. The third kappa shape index (κ3) is 0.804. The zero-order chi connectivity index (χ0) is 9.71. The molecule has 0 aromatic rings. The molecule has 0 spiro atoms. The Hall–Kier alpha value is -1.46. The molecule has 0 bridgehead atoms. The van der Waals surface area contributed by atoms with E-state index in [1.54, 1.807) is 0 Å². The van der Waals surface area contributed by atoms with Crippen LogP contribution in [0.3, 0.4) is 0 Å². The molecule has 14 heavy (non-hydrogen) atoms. The van der Waals surface area contributed by atoms with Gasteiger partial charge in [0.1, 0.15) is 25.0 Å². The van der Waals surface area contributed by atoms with Crippen molar-refractivity contribution in [2.45, 2.75) is 26.2 Å². The van der Waals surface area contributed by atoms with E-state index in [0.717, 1.165) is 0 Å². The third-order valence-corrected chi connectivity index (χ3v) is 3.43. The minimum absolute atomic E-state index is 0.271. The van der Waals surface area contributed by atoms with E-state index in [4.69, 9.17) is 0 Å². The van der Waals surface area contributed by atoms with E-state index < -0.39 is 0 Å². The van der Waals surface area contributed by atoms with Crippen LogP contribution >= 0.6 is 0 Å². The summed E-state index contributed by atoms with van der Waals surface area (Å²) in [5.41, 5.74) is 6.23. The average molecular weight is 194 g/mol. The van der Waals surface area contributed by atoms with Crippen LogP contribution < -0.4 is 10.9 Å². The fraction of sp³-hybridized carbons (Fsp3) is 0.750. The van der Waals surface area contributed by atoms with Gasteiger partial charge in [0.05, 0.1) is 0 Å². The van der Waals surface area contributed by atoms with E-state index in [9.17, 15) is 0 Å². The molecule has 0 aliphatic carbocycles. The van der Waals surface area contributed by atoms with Gasteiger partial charge in [-0.15, -0.1) is 0 Å². The molecule has 1 saturated heterocycles. The molecule has 0 saturated carbocycles. The van der Waals surface area contributed by atoms with Gasteiger partial charge in [-0.25, -0.2) is 10.0 Å². The monoisotopic (exact) mass is 194 g/mol. The number of nitrogens with one attached hydrogen (secondary N) is 2. The van der Waals surface area contributed by atoms with Crippen LogP contribution in [0.2, 0.25) is 0 Å². The molecule has 4 unspecified atom stereocenters. The van der Waals surface area contributed by atoms with E-state index in [0.29, 0.717) is 11.8 Å². The zero-order valence-corrected chi connectivity index (χ0v) is 8.25. The normalized spacial score (nSPS) is 43.3. The maximum absolute atomic E-state index is 4.09. The first-order valence-electron chi connectivity index (χ1n) is 4.93. The lowest BCUT2D eigenvalue weighted by molar-refractivity contribution is -0.0637. The standard InChI is InChI=1S/C8H14N6/c1-5-6(2)8-12-10-4-14(8)13-3-9-11-7(5)13/h3-8,11-12H,1-2H3. The third-order valence-electron chi connectivity index (χ3n) is 3.43. The molecule has 0 aromatic heterocycles. The molecule has 3 aliphatic rings. The van der Waals surface area contributed by atoms with Crippen molar-refractivity contribution in [3.63, 3.8) is 0 Å². The molecular formula is C8H14N6. The lowest BCUT2D eigenvalue weighted by Gasteiger charge is -2.47. The number of nitrogens with zero attached hydrogens (tertiary/aromatic N) is 4. The topological polar surface area (TPSA) is 55.3 Å². The molecule has 3 heterocycles. The lowest BCUT2D eigenvalue weighted by atomic mass is 9.88. The quantitative estimate of drug-likeness (QED) is 0.548. The summed E-state index contributed by atoms with van der Waals surface area (Å²) in [6.07, 6.45) is 4.18. The molecule has 4 atom stereocenters. The Morgan fingerprint density at radius 3 is 1.79 bits per heavy atom. The Labute approximate surface area is 82.6 Å². The first-order chi connectivity index (χ1) is 6.79. The Bertz CT molecular complexity index is 270. The van der Waals surface area contributed by atoms with Crippen molar-refractivity contribution < 1.29 is 0 Å². The average Bonchev–Trinajstić information content (AvgIpc) is 2.80. The highest BCUT2D eigenvalue weighted by atomic mass is 15.8. The second kappa shape index (κ2) is 2.52. The van der Waals surface area contributed by atoms with Crippen molar-refractivity contribution in [2.24, 2.45) is 22.0 Å². The van der Waals surface area contributed by atoms with Crippen LogP contribution in [0.1, 0.15) is 13.8 Å².